The van der Waals surface area contributed by atoms with Crippen LogP contribution in [0.4, 0.5) is 0 Å². The van der Waals surface area contributed by atoms with E-state index in [1.807, 2.05) is 12.1 Å². The summed E-state index contributed by atoms with van der Waals surface area (Å²) in [5.41, 5.74) is 0. The van der Waals surface area contributed by atoms with E-state index in [4.69, 9.17) is 5.84 Å². The molecule has 1 atom stereocenters. The van der Waals surface area contributed by atoms with Crippen LogP contribution in [0.25, 0.3) is 5.84 Å². The predicted octanol–water partition coefficient (Wildman–Crippen LogP) is 0.895. The lowest BCUT2D eigenvalue weighted by molar-refractivity contribution is 0.0832. The summed E-state index contributed by atoms with van der Waals surface area (Å²) in [6.45, 7) is 3.02. The monoisotopic (exact) mass is 114 g/mol. The zero-order chi connectivity index (χ0) is 6.15. The van der Waals surface area contributed by atoms with Crippen LogP contribution in [0, 0.1) is 0 Å². The molecule has 48 valence electrons. The molecule has 0 bridgehead atoms. The standard InChI is InChI=1S/C5H12N3/c1-5-3-4-8(6)7(5)2/h5-6H,3-4H2,1-2H3/q-1. The van der Waals surface area contributed by atoms with Crippen molar-refractivity contribution < 1.29 is 0 Å². The molecular formula is C5H12N3-. The number of nitrogens with one attached hydrogen (secondary N) is 1. The normalized spacial score (nSPS) is 34.1. The third kappa shape index (κ3) is 0.844. The largest absolute Gasteiger partial charge is 0.595 e. The predicted molar refractivity (Wildman–Crippen MR) is 32.9 cm³/mol. The Hall–Kier alpha value is -0.120. The van der Waals surface area contributed by atoms with Crippen molar-refractivity contribution in [3.05, 3.63) is 5.84 Å². The second-order valence-corrected chi connectivity index (χ2v) is 2.33. The van der Waals surface area contributed by atoms with Crippen LogP contribution in [0.2, 0.25) is 0 Å². The van der Waals surface area contributed by atoms with Crippen LogP contribution in [0.15, 0.2) is 0 Å². The Bertz CT molecular complexity index is 73.7. The Morgan fingerprint density at radius 3 is 2.38 bits per heavy atom. The Kier molecular flexibility index (Phi) is 1.51. The zero-order valence-corrected chi connectivity index (χ0v) is 5.39. The summed E-state index contributed by atoms with van der Waals surface area (Å²) < 4.78 is 0. The molecule has 0 aromatic heterocycles. The fourth-order valence-electron chi connectivity index (χ4n) is 0.892. The smallest absolute Gasteiger partial charge is 0.0210 e. The van der Waals surface area contributed by atoms with Crippen LogP contribution in [-0.2, 0) is 0 Å². The zero-order valence-electron chi connectivity index (χ0n) is 5.39. The maximum atomic E-state index is 7.23. The summed E-state index contributed by atoms with van der Waals surface area (Å²) in [7, 11) is 1.95. The van der Waals surface area contributed by atoms with Crippen LogP contribution in [0.1, 0.15) is 13.3 Å². The van der Waals surface area contributed by atoms with E-state index in [0.29, 0.717) is 6.04 Å². The molecular weight excluding hydrogens is 102 g/mol. The Morgan fingerprint density at radius 2 is 2.25 bits per heavy atom. The van der Waals surface area contributed by atoms with Crippen LogP contribution in [-0.4, -0.2) is 29.8 Å². The van der Waals surface area contributed by atoms with E-state index in [1.165, 1.54) is 5.12 Å². The highest BCUT2D eigenvalue weighted by molar-refractivity contribution is 4.71. The van der Waals surface area contributed by atoms with Crippen LogP contribution >= 0.6 is 0 Å². The van der Waals surface area contributed by atoms with E-state index in [0.717, 1.165) is 13.0 Å². The fourth-order valence-corrected chi connectivity index (χ4v) is 0.892. The minimum atomic E-state index is 0.562. The molecule has 8 heavy (non-hydrogen) atoms. The SMILES string of the molecule is CC1CCN([NH-])N1C. The Balaban J connectivity index is 2.44. The van der Waals surface area contributed by atoms with Crippen molar-refractivity contribution in [2.45, 2.75) is 19.4 Å². The number of hydrogen-bond donors (Lipinski definition) is 0. The van der Waals surface area contributed by atoms with Gasteiger partial charge in [-0.05, 0) is 19.9 Å². The first-order chi connectivity index (χ1) is 3.72. The maximum absolute atomic E-state index is 7.23. The van der Waals surface area contributed by atoms with E-state index < -0.39 is 0 Å². The van der Waals surface area contributed by atoms with Gasteiger partial charge in [0, 0.05) is 13.1 Å². The second-order valence-electron chi connectivity index (χ2n) is 2.33. The van der Waals surface area contributed by atoms with Crippen molar-refractivity contribution in [2.75, 3.05) is 13.6 Å². The van der Waals surface area contributed by atoms with Gasteiger partial charge in [-0.2, -0.15) is 0 Å². The van der Waals surface area contributed by atoms with Gasteiger partial charge in [0.25, 0.3) is 0 Å². The van der Waals surface area contributed by atoms with E-state index in [-0.39, 0.29) is 0 Å². The number of nitrogens with zero attached hydrogens (tertiary/aromatic N) is 2. The van der Waals surface area contributed by atoms with Gasteiger partial charge in [-0.3, -0.25) is 5.01 Å². The molecule has 1 aliphatic rings. The summed E-state index contributed by atoms with van der Waals surface area (Å²) in [5, 5.41) is 3.45. The lowest BCUT2D eigenvalue weighted by Crippen LogP contribution is -2.30. The highest BCUT2D eigenvalue weighted by Gasteiger charge is 2.16. The molecule has 0 aliphatic carbocycles. The molecule has 0 aromatic rings. The molecule has 1 aliphatic heterocycles. The van der Waals surface area contributed by atoms with Crippen LogP contribution in [0.5, 0.6) is 0 Å². The first-order valence-corrected chi connectivity index (χ1v) is 2.93. The molecule has 0 saturated carbocycles. The van der Waals surface area contributed by atoms with Gasteiger partial charge in [0.1, 0.15) is 0 Å². The molecule has 0 aromatic carbocycles. The van der Waals surface area contributed by atoms with E-state index in [1.54, 1.807) is 0 Å². The van der Waals surface area contributed by atoms with Crippen molar-refractivity contribution in [2.24, 2.45) is 0 Å². The summed E-state index contributed by atoms with van der Waals surface area (Å²) in [4.78, 5) is 0. The highest BCUT2D eigenvalue weighted by atomic mass is 15.8. The first kappa shape index (κ1) is 6.01. The molecule has 0 radical (unpaired) electrons. The summed E-state index contributed by atoms with van der Waals surface area (Å²) >= 11 is 0. The Morgan fingerprint density at radius 1 is 1.62 bits per heavy atom. The van der Waals surface area contributed by atoms with Gasteiger partial charge in [-0.1, -0.05) is 0 Å². The van der Waals surface area contributed by atoms with Crippen LogP contribution < -0.4 is 0 Å². The summed E-state index contributed by atoms with van der Waals surface area (Å²) in [6, 6.07) is 0.562. The van der Waals surface area contributed by atoms with E-state index in [9.17, 15) is 0 Å². The van der Waals surface area contributed by atoms with Gasteiger partial charge < -0.3 is 11.0 Å². The van der Waals surface area contributed by atoms with Gasteiger partial charge in [0.2, 0.25) is 0 Å². The third-order valence-electron chi connectivity index (χ3n) is 1.78. The van der Waals surface area contributed by atoms with E-state index in [2.05, 4.69) is 6.92 Å². The van der Waals surface area contributed by atoms with Crippen LogP contribution in [0.3, 0.4) is 0 Å². The van der Waals surface area contributed by atoms with Gasteiger partial charge in [-0.25, -0.2) is 0 Å². The average molecular weight is 114 g/mol. The lowest BCUT2D eigenvalue weighted by Gasteiger charge is -2.30. The van der Waals surface area contributed by atoms with Crippen molar-refractivity contribution in [3.63, 3.8) is 0 Å². The number of hydrogen-bond acceptors (Lipinski definition) is 2. The van der Waals surface area contributed by atoms with Gasteiger partial charge in [0.05, 0.1) is 0 Å². The molecule has 1 rings (SSSR count). The van der Waals surface area contributed by atoms with Gasteiger partial charge in [-0.15, -0.1) is 0 Å². The highest BCUT2D eigenvalue weighted by Crippen LogP contribution is 2.13. The lowest BCUT2D eigenvalue weighted by atomic mass is 10.3. The van der Waals surface area contributed by atoms with Crippen molar-refractivity contribution in [1.29, 1.82) is 0 Å². The number of hydrazine groups is 1. The molecule has 3 nitrogen and oxygen atoms in total. The van der Waals surface area contributed by atoms with Crippen molar-refractivity contribution >= 4 is 0 Å². The molecule has 0 amide bonds. The van der Waals surface area contributed by atoms with E-state index >= 15 is 0 Å². The molecule has 3 heteroatoms. The minimum Gasteiger partial charge on any atom is -0.595 e. The molecule has 0 spiro atoms. The minimum absolute atomic E-state index is 0.562. The third-order valence-corrected chi connectivity index (χ3v) is 1.78. The average Bonchev–Trinajstić information content (AvgIpc) is 1.98. The Labute approximate surface area is 50.0 Å². The molecule has 1 fully saturated rings. The first-order valence-electron chi connectivity index (χ1n) is 2.93. The van der Waals surface area contributed by atoms with Crippen molar-refractivity contribution in [1.82, 2.24) is 10.1 Å². The second kappa shape index (κ2) is 2.01. The molecule has 1 unspecified atom stereocenters. The molecule has 1 N–H and O–H groups in total. The number of rotatable bonds is 0. The maximum Gasteiger partial charge on any atom is 0.0210 e. The molecule has 1 heterocycles. The summed E-state index contributed by atoms with van der Waals surface area (Å²) in [6.07, 6.45) is 1.12. The quantitative estimate of drug-likeness (QED) is 0.468. The molecule has 1 saturated heterocycles. The van der Waals surface area contributed by atoms with Gasteiger partial charge in [0.15, 0.2) is 0 Å². The summed E-state index contributed by atoms with van der Waals surface area (Å²) in [5.74, 6) is 7.23. The van der Waals surface area contributed by atoms with Crippen molar-refractivity contribution in [3.8, 4) is 0 Å². The fraction of sp³-hybridized carbons (Fsp3) is 1.00. The topological polar surface area (TPSA) is 30.3 Å². The van der Waals surface area contributed by atoms with Gasteiger partial charge >= 0.3 is 0 Å².